The lowest BCUT2D eigenvalue weighted by molar-refractivity contribution is 0.618. The molecular weight excluding hydrogens is 144 g/mol. The molecule has 0 spiro atoms. The van der Waals surface area contributed by atoms with Crippen LogP contribution in [0.3, 0.4) is 0 Å². The van der Waals surface area contributed by atoms with Crippen molar-refractivity contribution in [2.24, 2.45) is 0 Å². The van der Waals surface area contributed by atoms with Gasteiger partial charge in [0.1, 0.15) is 0 Å². The topological polar surface area (TPSA) is 34.1 Å². The molecule has 48 valence electrons. The lowest BCUT2D eigenvalue weighted by Gasteiger charge is -1.85. The average Bonchev–Trinajstić information content (AvgIpc) is 1.67. The SMILES string of the molecule is CC=CS(=O)(=O)SC. The van der Waals surface area contributed by atoms with Crippen LogP contribution in [0, 0.1) is 0 Å². The zero-order chi connectivity index (χ0) is 6.62. The zero-order valence-corrected chi connectivity index (χ0v) is 6.42. The highest BCUT2D eigenvalue weighted by molar-refractivity contribution is 8.72. The third-order valence-electron chi connectivity index (χ3n) is 0.535. The normalized spacial score (nSPS) is 12.8. The van der Waals surface area contributed by atoms with Crippen LogP contribution in [0.1, 0.15) is 6.92 Å². The Morgan fingerprint density at radius 2 is 2.00 bits per heavy atom. The van der Waals surface area contributed by atoms with Crippen molar-refractivity contribution in [2.75, 3.05) is 6.26 Å². The molecule has 0 aromatic heterocycles. The summed E-state index contributed by atoms with van der Waals surface area (Å²) in [7, 11) is -2.10. The highest BCUT2D eigenvalue weighted by Gasteiger charge is 1.97. The van der Waals surface area contributed by atoms with Crippen LogP contribution in [-0.2, 0) is 8.87 Å². The van der Waals surface area contributed by atoms with Crippen molar-refractivity contribution in [2.45, 2.75) is 6.92 Å². The van der Waals surface area contributed by atoms with Gasteiger partial charge >= 0.3 is 0 Å². The Hall–Kier alpha value is 0.0400. The van der Waals surface area contributed by atoms with Crippen molar-refractivity contribution < 1.29 is 8.42 Å². The van der Waals surface area contributed by atoms with E-state index in [1.165, 1.54) is 17.7 Å². The maximum atomic E-state index is 10.5. The molecule has 0 unspecified atom stereocenters. The van der Waals surface area contributed by atoms with Gasteiger partial charge in [-0.05, 0) is 24.0 Å². The summed E-state index contributed by atoms with van der Waals surface area (Å²) in [4.78, 5) is 0. The van der Waals surface area contributed by atoms with E-state index in [-0.39, 0.29) is 0 Å². The van der Waals surface area contributed by atoms with Crippen molar-refractivity contribution in [1.29, 1.82) is 0 Å². The van der Waals surface area contributed by atoms with E-state index < -0.39 is 8.87 Å². The van der Waals surface area contributed by atoms with E-state index >= 15 is 0 Å². The highest BCUT2D eigenvalue weighted by Crippen LogP contribution is 2.07. The summed E-state index contributed by atoms with van der Waals surface area (Å²) in [5, 5.41) is 1.18. The molecule has 4 heteroatoms. The molecule has 0 aromatic carbocycles. The summed E-state index contributed by atoms with van der Waals surface area (Å²) >= 11 is 0. The van der Waals surface area contributed by atoms with E-state index in [2.05, 4.69) is 0 Å². The average molecular weight is 152 g/mol. The summed E-state index contributed by atoms with van der Waals surface area (Å²) in [6.07, 6.45) is 3.04. The van der Waals surface area contributed by atoms with Crippen LogP contribution in [0.2, 0.25) is 0 Å². The van der Waals surface area contributed by atoms with Crippen LogP contribution in [0.25, 0.3) is 0 Å². The van der Waals surface area contributed by atoms with E-state index in [9.17, 15) is 8.42 Å². The standard InChI is InChI=1S/C4H8O2S2/c1-3-4-8(5,6)7-2/h3-4H,1-2H3. The first-order chi connectivity index (χ1) is 3.62. The van der Waals surface area contributed by atoms with Gasteiger partial charge in [0.25, 0.3) is 0 Å². The van der Waals surface area contributed by atoms with Crippen LogP contribution in [0.5, 0.6) is 0 Å². The fourth-order valence-electron chi connectivity index (χ4n) is 0.222. The Kier molecular flexibility index (Phi) is 3.16. The number of allylic oxidation sites excluding steroid dienone is 1. The molecule has 0 rings (SSSR count). The first-order valence-electron chi connectivity index (χ1n) is 2.05. The summed E-state index contributed by atoms with van der Waals surface area (Å²) < 4.78 is 21.0. The summed E-state index contributed by atoms with van der Waals surface area (Å²) in [6.45, 7) is 1.67. The molecule has 0 radical (unpaired) electrons. The van der Waals surface area contributed by atoms with Crippen molar-refractivity contribution >= 4 is 19.7 Å². The molecule has 0 N–H and O–H groups in total. The molecule has 0 amide bonds. The molecule has 0 aliphatic heterocycles. The summed E-state index contributed by atoms with van der Waals surface area (Å²) in [5.41, 5.74) is 0. The van der Waals surface area contributed by atoms with Crippen LogP contribution in [0.15, 0.2) is 11.5 Å². The Morgan fingerprint density at radius 3 is 2.12 bits per heavy atom. The van der Waals surface area contributed by atoms with Crippen LogP contribution >= 0.6 is 10.8 Å². The minimum Gasteiger partial charge on any atom is -0.213 e. The number of hydrogen-bond acceptors (Lipinski definition) is 3. The maximum Gasteiger partial charge on any atom is 0.222 e. The zero-order valence-electron chi connectivity index (χ0n) is 4.79. The largest absolute Gasteiger partial charge is 0.222 e. The molecular formula is C4H8O2S2. The predicted octanol–water partition coefficient (Wildman–Crippen LogP) is 1.21. The Labute approximate surface area is 53.3 Å². The molecule has 0 heterocycles. The highest BCUT2D eigenvalue weighted by atomic mass is 33.1. The Balaban J connectivity index is 4.17. The van der Waals surface area contributed by atoms with E-state index in [0.717, 1.165) is 10.8 Å². The van der Waals surface area contributed by atoms with Crippen molar-refractivity contribution in [3.8, 4) is 0 Å². The second-order valence-corrected chi connectivity index (χ2v) is 5.11. The second kappa shape index (κ2) is 3.14. The van der Waals surface area contributed by atoms with Crippen molar-refractivity contribution in [3.63, 3.8) is 0 Å². The summed E-state index contributed by atoms with van der Waals surface area (Å²) in [5.74, 6) is 0. The molecule has 8 heavy (non-hydrogen) atoms. The van der Waals surface area contributed by atoms with Gasteiger partial charge in [0.15, 0.2) is 0 Å². The fraction of sp³-hybridized carbons (Fsp3) is 0.500. The van der Waals surface area contributed by atoms with Gasteiger partial charge < -0.3 is 0 Å². The first kappa shape index (κ1) is 8.04. The van der Waals surface area contributed by atoms with Gasteiger partial charge in [-0.2, -0.15) is 0 Å². The van der Waals surface area contributed by atoms with Crippen LogP contribution in [0.4, 0.5) is 0 Å². The van der Waals surface area contributed by atoms with E-state index in [1.807, 2.05) is 0 Å². The fourth-order valence-corrected chi connectivity index (χ4v) is 1.33. The molecule has 0 atom stereocenters. The molecule has 0 saturated heterocycles. The molecule has 0 saturated carbocycles. The van der Waals surface area contributed by atoms with Crippen molar-refractivity contribution in [1.82, 2.24) is 0 Å². The third-order valence-corrected chi connectivity index (χ3v) is 3.33. The van der Waals surface area contributed by atoms with Crippen molar-refractivity contribution in [3.05, 3.63) is 11.5 Å². The monoisotopic (exact) mass is 152 g/mol. The molecule has 2 nitrogen and oxygen atoms in total. The molecule has 0 bridgehead atoms. The van der Waals surface area contributed by atoms with Gasteiger partial charge in [-0.3, -0.25) is 0 Å². The van der Waals surface area contributed by atoms with E-state index in [4.69, 9.17) is 0 Å². The second-order valence-electron chi connectivity index (χ2n) is 1.13. The minimum atomic E-state index is -2.93. The molecule has 0 aliphatic rings. The van der Waals surface area contributed by atoms with E-state index in [0.29, 0.717) is 0 Å². The number of rotatable bonds is 2. The van der Waals surface area contributed by atoms with Gasteiger partial charge in [0.2, 0.25) is 8.87 Å². The van der Waals surface area contributed by atoms with Gasteiger partial charge in [-0.15, -0.1) is 0 Å². The Bertz CT molecular complexity index is 166. The number of hydrogen-bond donors (Lipinski definition) is 0. The maximum absolute atomic E-state index is 10.5. The minimum absolute atomic E-state index is 0.837. The molecule has 0 fully saturated rings. The quantitative estimate of drug-likeness (QED) is 0.558. The Morgan fingerprint density at radius 1 is 1.50 bits per heavy atom. The van der Waals surface area contributed by atoms with Gasteiger partial charge in [-0.1, -0.05) is 6.08 Å². The smallest absolute Gasteiger partial charge is 0.213 e. The van der Waals surface area contributed by atoms with Gasteiger partial charge in [-0.25, -0.2) is 8.42 Å². The molecule has 0 aliphatic carbocycles. The van der Waals surface area contributed by atoms with Gasteiger partial charge in [0.05, 0.1) is 0 Å². The summed E-state index contributed by atoms with van der Waals surface area (Å²) in [6, 6.07) is 0. The predicted molar refractivity (Wildman–Crippen MR) is 37.2 cm³/mol. The van der Waals surface area contributed by atoms with E-state index in [1.54, 1.807) is 6.92 Å². The lowest BCUT2D eigenvalue weighted by Crippen LogP contribution is -1.82. The third kappa shape index (κ3) is 3.10. The first-order valence-corrected chi connectivity index (χ1v) is 5.34. The van der Waals surface area contributed by atoms with Crippen LogP contribution in [-0.4, -0.2) is 14.7 Å². The molecule has 0 aromatic rings. The lowest BCUT2D eigenvalue weighted by atomic mass is 10.8. The van der Waals surface area contributed by atoms with Gasteiger partial charge in [0, 0.05) is 5.41 Å². The van der Waals surface area contributed by atoms with Crippen LogP contribution < -0.4 is 0 Å².